The van der Waals surface area contributed by atoms with E-state index in [1.807, 2.05) is 0 Å². The minimum absolute atomic E-state index is 0.0105. The van der Waals surface area contributed by atoms with Crippen LogP contribution in [0.2, 0.25) is 0 Å². The molecule has 1 saturated carbocycles. The molecule has 0 saturated heterocycles. The van der Waals surface area contributed by atoms with E-state index in [9.17, 15) is 13.6 Å². The number of benzene rings is 1. The van der Waals surface area contributed by atoms with E-state index in [2.05, 4.69) is 10.6 Å². The average molecular weight is 282 g/mol. The fourth-order valence-electron chi connectivity index (χ4n) is 2.48. The van der Waals surface area contributed by atoms with Gasteiger partial charge in [-0.2, -0.15) is 0 Å². The zero-order valence-electron chi connectivity index (χ0n) is 11.6. The molecule has 1 atom stereocenters. The molecule has 0 spiro atoms. The maximum absolute atomic E-state index is 13.5. The van der Waals surface area contributed by atoms with Crippen molar-refractivity contribution in [3.63, 3.8) is 0 Å². The SMILES string of the molecule is CC(Nc1cc(F)ccc1F)C(=O)NC1CCCCC1. The molecule has 0 radical (unpaired) electrons. The van der Waals surface area contributed by atoms with Crippen LogP contribution in [0.4, 0.5) is 14.5 Å². The lowest BCUT2D eigenvalue weighted by molar-refractivity contribution is -0.122. The van der Waals surface area contributed by atoms with Crippen molar-refractivity contribution in [1.29, 1.82) is 0 Å². The Bertz CT molecular complexity index is 473. The number of nitrogens with one attached hydrogen (secondary N) is 2. The summed E-state index contributed by atoms with van der Waals surface area (Å²) < 4.78 is 26.6. The average Bonchev–Trinajstić information content (AvgIpc) is 2.44. The first-order valence-electron chi connectivity index (χ1n) is 7.08. The fraction of sp³-hybridized carbons (Fsp3) is 0.533. The van der Waals surface area contributed by atoms with Gasteiger partial charge in [-0.15, -0.1) is 0 Å². The maximum Gasteiger partial charge on any atom is 0.242 e. The first-order chi connectivity index (χ1) is 9.56. The van der Waals surface area contributed by atoms with Crippen LogP contribution in [-0.2, 0) is 4.79 Å². The molecule has 1 aromatic carbocycles. The topological polar surface area (TPSA) is 41.1 Å². The van der Waals surface area contributed by atoms with E-state index in [0.717, 1.165) is 43.9 Å². The Morgan fingerprint density at radius 3 is 2.65 bits per heavy atom. The quantitative estimate of drug-likeness (QED) is 0.890. The van der Waals surface area contributed by atoms with Crippen LogP contribution in [0.15, 0.2) is 18.2 Å². The Morgan fingerprint density at radius 1 is 1.25 bits per heavy atom. The summed E-state index contributed by atoms with van der Waals surface area (Å²) in [5.74, 6) is -1.28. The number of rotatable bonds is 4. The fourth-order valence-corrected chi connectivity index (χ4v) is 2.48. The van der Waals surface area contributed by atoms with Crippen molar-refractivity contribution >= 4 is 11.6 Å². The molecule has 0 aliphatic heterocycles. The molecule has 2 N–H and O–H groups in total. The highest BCUT2D eigenvalue weighted by atomic mass is 19.1. The van der Waals surface area contributed by atoms with Gasteiger partial charge >= 0.3 is 0 Å². The Kier molecular flexibility index (Phi) is 4.93. The summed E-state index contributed by atoms with van der Waals surface area (Å²) in [7, 11) is 0. The van der Waals surface area contributed by atoms with Gasteiger partial charge in [0, 0.05) is 6.04 Å². The Balaban J connectivity index is 1.91. The monoisotopic (exact) mass is 282 g/mol. The highest BCUT2D eigenvalue weighted by molar-refractivity contribution is 5.84. The highest BCUT2D eigenvalue weighted by Crippen LogP contribution is 2.19. The van der Waals surface area contributed by atoms with E-state index in [4.69, 9.17) is 0 Å². The smallest absolute Gasteiger partial charge is 0.242 e. The molecular weight excluding hydrogens is 262 g/mol. The predicted molar refractivity (Wildman–Crippen MR) is 74.5 cm³/mol. The van der Waals surface area contributed by atoms with Crippen molar-refractivity contribution < 1.29 is 13.6 Å². The van der Waals surface area contributed by atoms with E-state index in [1.165, 1.54) is 6.42 Å². The minimum Gasteiger partial charge on any atom is -0.371 e. The first kappa shape index (κ1) is 14.8. The molecule has 0 heterocycles. The molecular formula is C15H20F2N2O. The first-order valence-corrected chi connectivity index (χ1v) is 7.08. The lowest BCUT2D eigenvalue weighted by Crippen LogP contribution is -2.44. The second-order valence-corrected chi connectivity index (χ2v) is 5.33. The van der Waals surface area contributed by atoms with Crippen LogP contribution >= 0.6 is 0 Å². The zero-order valence-corrected chi connectivity index (χ0v) is 11.6. The summed E-state index contributed by atoms with van der Waals surface area (Å²) in [5, 5.41) is 5.67. The van der Waals surface area contributed by atoms with Crippen molar-refractivity contribution in [2.45, 2.75) is 51.1 Å². The Morgan fingerprint density at radius 2 is 1.95 bits per heavy atom. The summed E-state index contributed by atoms with van der Waals surface area (Å²) in [5.41, 5.74) is 0.0105. The largest absolute Gasteiger partial charge is 0.371 e. The van der Waals surface area contributed by atoms with Gasteiger partial charge in [0.05, 0.1) is 5.69 Å². The predicted octanol–water partition coefficient (Wildman–Crippen LogP) is 3.21. The van der Waals surface area contributed by atoms with Crippen LogP contribution in [0.25, 0.3) is 0 Å². The van der Waals surface area contributed by atoms with Crippen LogP contribution in [0.3, 0.4) is 0 Å². The van der Waals surface area contributed by atoms with Crippen LogP contribution in [0.5, 0.6) is 0 Å². The van der Waals surface area contributed by atoms with Gasteiger partial charge in [0.25, 0.3) is 0 Å². The van der Waals surface area contributed by atoms with E-state index in [1.54, 1.807) is 6.92 Å². The number of carbonyl (C=O) groups is 1. The van der Waals surface area contributed by atoms with Crippen molar-refractivity contribution in [3.05, 3.63) is 29.8 Å². The number of anilines is 1. The molecule has 1 aliphatic rings. The maximum atomic E-state index is 13.5. The van der Waals surface area contributed by atoms with Gasteiger partial charge in [-0.1, -0.05) is 19.3 Å². The molecule has 1 amide bonds. The van der Waals surface area contributed by atoms with Crippen LogP contribution in [0, 0.1) is 11.6 Å². The molecule has 5 heteroatoms. The molecule has 3 nitrogen and oxygen atoms in total. The van der Waals surface area contributed by atoms with Gasteiger partial charge in [-0.05, 0) is 38.0 Å². The van der Waals surface area contributed by atoms with Gasteiger partial charge in [0.1, 0.15) is 17.7 Å². The molecule has 1 fully saturated rings. The molecule has 1 aromatic rings. The second-order valence-electron chi connectivity index (χ2n) is 5.33. The Labute approximate surface area is 117 Å². The van der Waals surface area contributed by atoms with Gasteiger partial charge in [-0.25, -0.2) is 8.78 Å². The summed E-state index contributed by atoms with van der Waals surface area (Å²) in [4.78, 5) is 12.0. The minimum atomic E-state index is -0.603. The highest BCUT2D eigenvalue weighted by Gasteiger charge is 2.20. The third-order valence-electron chi connectivity index (χ3n) is 3.65. The summed E-state index contributed by atoms with van der Waals surface area (Å²) in [6.07, 6.45) is 5.46. The molecule has 2 rings (SSSR count). The van der Waals surface area contributed by atoms with Crippen molar-refractivity contribution in [1.82, 2.24) is 5.32 Å². The number of amides is 1. The number of hydrogen-bond acceptors (Lipinski definition) is 2. The van der Waals surface area contributed by atoms with Gasteiger partial charge < -0.3 is 10.6 Å². The van der Waals surface area contributed by atoms with Crippen LogP contribution < -0.4 is 10.6 Å². The summed E-state index contributed by atoms with van der Waals surface area (Å²) >= 11 is 0. The number of halogens is 2. The van der Waals surface area contributed by atoms with Crippen molar-refractivity contribution in [2.75, 3.05) is 5.32 Å². The molecule has 1 unspecified atom stereocenters. The van der Waals surface area contributed by atoms with Gasteiger partial charge in [-0.3, -0.25) is 4.79 Å². The van der Waals surface area contributed by atoms with Gasteiger partial charge in [0.15, 0.2) is 0 Å². The van der Waals surface area contributed by atoms with Crippen LogP contribution in [0.1, 0.15) is 39.0 Å². The number of hydrogen-bond donors (Lipinski definition) is 2. The van der Waals surface area contributed by atoms with Crippen LogP contribution in [-0.4, -0.2) is 18.0 Å². The molecule has 1 aliphatic carbocycles. The third-order valence-corrected chi connectivity index (χ3v) is 3.65. The second kappa shape index (κ2) is 6.68. The summed E-state index contributed by atoms with van der Waals surface area (Å²) in [6, 6.07) is 2.75. The van der Waals surface area contributed by atoms with E-state index >= 15 is 0 Å². The lowest BCUT2D eigenvalue weighted by Gasteiger charge is -2.25. The lowest BCUT2D eigenvalue weighted by atomic mass is 9.95. The standard InChI is InChI=1S/C15H20F2N2O/c1-10(15(20)19-12-5-3-2-4-6-12)18-14-9-11(16)7-8-13(14)17/h7-10,12,18H,2-6H2,1H3,(H,19,20). The summed E-state index contributed by atoms with van der Waals surface area (Å²) in [6.45, 7) is 1.64. The van der Waals surface area contributed by atoms with Crippen molar-refractivity contribution in [3.8, 4) is 0 Å². The van der Waals surface area contributed by atoms with E-state index in [-0.39, 0.29) is 17.6 Å². The Hall–Kier alpha value is -1.65. The third kappa shape index (κ3) is 3.92. The van der Waals surface area contributed by atoms with E-state index < -0.39 is 17.7 Å². The molecule has 20 heavy (non-hydrogen) atoms. The molecule has 110 valence electrons. The van der Waals surface area contributed by atoms with E-state index in [0.29, 0.717) is 0 Å². The normalized spacial score (nSPS) is 17.6. The molecule has 0 aromatic heterocycles. The zero-order chi connectivity index (χ0) is 14.5. The number of carbonyl (C=O) groups excluding carboxylic acids is 1. The van der Waals surface area contributed by atoms with Gasteiger partial charge in [0.2, 0.25) is 5.91 Å². The molecule has 0 bridgehead atoms. The van der Waals surface area contributed by atoms with Crippen molar-refractivity contribution in [2.24, 2.45) is 0 Å².